The van der Waals surface area contributed by atoms with Crippen LogP contribution < -0.4 is 0 Å². The number of aliphatic imine (C=N–C) groups is 1. The second-order valence-electron chi connectivity index (χ2n) is 0.865. The second-order valence-corrected chi connectivity index (χ2v) is 2.94. The smallest absolute Gasteiger partial charge is 0.191 e. The topological polar surface area (TPSA) is 24.7 Å². The van der Waals surface area contributed by atoms with Crippen LogP contribution in [0.25, 0.3) is 0 Å². The molecule has 38 valence electrons. The minimum atomic E-state index is -0.678. The number of halogens is 2. The van der Waals surface area contributed by atoms with Gasteiger partial charge in [0.2, 0.25) is 0 Å². The molecule has 2 nitrogen and oxygen atoms in total. The zero-order valence-electron chi connectivity index (χ0n) is 3.31. The van der Waals surface area contributed by atoms with Crippen LogP contribution >= 0.6 is 21.0 Å². The van der Waals surface area contributed by atoms with Gasteiger partial charge in [-0.15, -0.1) is 0 Å². The first-order valence-electron chi connectivity index (χ1n) is 1.61. The van der Waals surface area contributed by atoms with Crippen LogP contribution in [-0.2, 0) is 0 Å². The summed E-state index contributed by atoms with van der Waals surface area (Å²) < 4.78 is 15.4. The van der Waals surface area contributed by atoms with Crippen molar-refractivity contribution in [3.63, 3.8) is 0 Å². The normalized spacial score (nSPS) is 18.1. The summed E-state index contributed by atoms with van der Waals surface area (Å²) in [5.41, 5.74) is 0. The molecule has 0 fully saturated rings. The maximum atomic E-state index is 11.9. The third kappa shape index (κ3) is 1.42. The van der Waals surface area contributed by atoms with Gasteiger partial charge in [0, 0.05) is 0 Å². The van der Waals surface area contributed by atoms with E-state index in [1.165, 1.54) is 12.6 Å². The Labute approximate surface area is 50.3 Å². The van der Waals surface area contributed by atoms with Crippen LogP contribution in [0.5, 0.6) is 0 Å². The summed E-state index contributed by atoms with van der Waals surface area (Å²) in [6.07, 6.45) is 2.59. The molecule has 4 heteroatoms. The summed E-state index contributed by atoms with van der Waals surface area (Å²) in [6.45, 7) is 0. The Hall–Kier alpha value is -0.130. The number of hydrogen-bond donors (Lipinski definition) is 0. The SMILES string of the molecule is FC1=IN=CN=C1. The molecule has 0 saturated heterocycles. The van der Waals surface area contributed by atoms with Crippen LogP contribution in [0.15, 0.2) is 8.20 Å². The highest BCUT2D eigenvalue weighted by atomic mass is 127. The molecule has 0 aromatic carbocycles. The van der Waals surface area contributed by atoms with Crippen LogP contribution in [0.2, 0.25) is 0 Å². The van der Waals surface area contributed by atoms with Crippen molar-refractivity contribution in [2.45, 2.75) is 0 Å². The van der Waals surface area contributed by atoms with E-state index in [1.807, 2.05) is 0 Å². The molecule has 0 aromatic rings. The molecule has 7 heavy (non-hydrogen) atoms. The van der Waals surface area contributed by atoms with Gasteiger partial charge in [-0.25, -0.2) is 8.20 Å². The lowest BCUT2D eigenvalue weighted by Crippen LogP contribution is -1.87. The van der Waals surface area contributed by atoms with Gasteiger partial charge in [0.25, 0.3) is 0 Å². The van der Waals surface area contributed by atoms with Crippen molar-refractivity contribution in [2.75, 3.05) is 0 Å². The molecule has 1 aliphatic heterocycles. The highest BCUT2D eigenvalue weighted by molar-refractivity contribution is 14.2. The average Bonchev–Trinajstić information content (AvgIpc) is 1.69. The summed E-state index contributed by atoms with van der Waals surface area (Å²) in [4.78, 5) is 3.46. The van der Waals surface area contributed by atoms with Crippen LogP contribution in [0.3, 0.4) is 0 Å². The standard InChI is InChI=1S/C3H2FIN2/c4-3-1-6-2-7-5-3/h1-2H. The van der Waals surface area contributed by atoms with Crippen molar-refractivity contribution in [3.05, 3.63) is 0 Å². The molecule has 0 bridgehead atoms. The van der Waals surface area contributed by atoms with E-state index in [9.17, 15) is 4.39 Å². The molecule has 0 aliphatic carbocycles. The summed E-state index contributed by atoms with van der Waals surface area (Å²) in [7, 11) is 0. The van der Waals surface area contributed by atoms with E-state index in [4.69, 9.17) is 0 Å². The molecular weight excluding hydrogens is 210 g/mol. The van der Waals surface area contributed by atoms with Gasteiger partial charge < -0.3 is 0 Å². The summed E-state index contributed by atoms with van der Waals surface area (Å²) >= 11 is -0.678. The minimum Gasteiger partial charge on any atom is -0.241 e. The van der Waals surface area contributed by atoms with Crippen LogP contribution in [-0.4, -0.2) is 16.3 Å². The van der Waals surface area contributed by atoms with Gasteiger partial charge in [0.05, 0.1) is 27.2 Å². The minimum absolute atomic E-state index is 0.165. The Bertz CT molecular complexity index is 149. The first-order valence-corrected chi connectivity index (χ1v) is 3.65. The fourth-order valence-corrected chi connectivity index (χ4v) is 1.02. The van der Waals surface area contributed by atoms with Crippen LogP contribution in [0.4, 0.5) is 4.39 Å². The molecule has 0 unspecified atom stereocenters. The van der Waals surface area contributed by atoms with E-state index in [-0.39, 0.29) is 3.76 Å². The first kappa shape index (κ1) is 5.02. The van der Waals surface area contributed by atoms with Gasteiger partial charge in [-0.1, -0.05) is 0 Å². The van der Waals surface area contributed by atoms with Gasteiger partial charge in [0.15, 0.2) is 3.76 Å². The zero-order valence-corrected chi connectivity index (χ0v) is 5.46. The fourth-order valence-electron chi connectivity index (χ4n) is 0.205. The predicted molar refractivity (Wildman–Crippen MR) is 37.1 cm³/mol. The largest absolute Gasteiger partial charge is 0.241 e. The molecule has 1 aliphatic rings. The first-order chi connectivity index (χ1) is 3.39. The van der Waals surface area contributed by atoms with Gasteiger partial charge in [-0.05, 0) is 0 Å². The molecule has 1 heterocycles. The second kappa shape index (κ2) is 2.25. The number of hydrogen-bond acceptors (Lipinski definition) is 2. The highest BCUT2D eigenvalue weighted by Gasteiger charge is 1.87. The van der Waals surface area contributed by atoms with Crippen molar-refractivity contribution in [2.24, 2.45) is 8.20 Å². The Kier molecular flexibility index (Phi) is 1.61. The van der Waals surface area contributed by atoms with E-state index >= 15 is 0 Å². The molecule has 1 rings (SSSR count). The van der Waals surface area contributed by atoms with Gasteiger partial charge >= 0.3 is 0 Å². The van der Waals surface area contributed by atoms with Crippen molar-refractivity contribution < 1.29 is 4.39 Å². The number of rotatable bonds is 0. The van der Waals surface area contributed by atoms with Crippen LogP contribution in [0, 0.1) is 0 Å². The molecule has 0 N–H and O–H groups in total. The van der Waals surface area contributed by atoms with Crippen molar-refractivity contribution >= 4 is 37.3 Å². The molecular formula is C3H2FIN2. The lowest BCUT2D eigenvalue weighted by molar-refractivity contribution is 0.848. The molecule has 0 atom stereocenters. The summed E-state index contributed by atoms with van der Waals surface area (Å²) in [5.74, 6) is 0. The predicted octanol–water partition coefficient (Wildman–Crippen LogP) is 1.08. The van der Waals surface area contributed by atoms with E-state index < -0.39 is 21.0 Å². The third-order valence-electron chi connectivity index (χ3n) is 0.412. The van der Waals surface area contributed by atoms with Crippen LogP contribution in [0.1, 0.15) is 0 Å². The Morgan fingerprint density at radius 2 is 2.57 bits per heavy atom. The monoisotopic (exact) mass is 212 g/mol. The lowest BCUT2D eigenvalue weighted by Gasteiger charge is -1.82. The quantitative estimate of drug-likeness (QED) is 0.537. The summed E-state index contributed by atoms with van der Waals surface area (Å²) in [6, 6.07) is 0. The molecule has 0 saturated carbocycles. The third-order valence-corrected chi connectivity index (χ3v) is 1.68. The van der Waals surface area contributed by atoms with Crippen molar-refractivity contribution in [1.82, 2.24) is 0 Å². The van der Waals surface area contributed by atoms with Crippen molar-refractivity contribution in [1.29, 1.82) is 0 Å². The van der Waals surface area contributed by atoms with Gasteiger partial charge in [-0.2, -0.15) is 4.39 Å². The molecule has 0 amide bonds. The molecule has 0 aromatic heterocycles. The molecule has 0 spiro atoms. The summed E-state index contributed by atoms with van der Waals surface area (Å²) in [5, 5.41) is 0. The average molecular weight is 212 g/mol. The lowest BCUT2D eigenvalue weighted by atomic mass is 10.8. The Balaban J connectivity index is 2.82. The Morgan fingerprint density at radius 1 is 1.71 bits per heavy atom. The van der Waals surface area contributed by atoms with E-state index in [1.54, 1.807) is 0 Å². The van der Waals surface area contributed by atoms with Gasteiger partial charge in [-0.3, -0.25) is 0 Å². The molecule has 0 radical (unpaired) electrons. The highest BCUT2D eigenvalue weighted by Crippen LogP contribution is 2.03. The fraction of sp³-hybridized carbons (Fsp3) is 0. The zero-order chi connectivity index (χ0) is 5.11. The van der Waals surface area contributed by atoms with E-state index in [0.717, 1.165) is 0 Å². The van der Waals surface area contributed by atoms with E-state index in [0.29, 0.717) is 0 Å². The van der Waals surface area contributed by atoms with Crippen molar-refractivity contribution in [3.8, 4) is 0 Å². The van der Waals surface area contributed by atoms with E-state index in [2.05, 4.69) is 8.20 Å². The maximum Gasteiger partial charge on any atom is 0.191 e. The maximum absolute atomic E-state index is 11.9. The van der Waals surface area contributed by atoms with Gasteiger partial charge in [0.1, 0.15) is 6.34 Å². The number of nitrogens with zero attached hydrogens (tertiary/aromatic N) is 2. The Morgan fingerprint density at radius 3 is 2.86 bits per heavy atom.